The van der Waals surface area contributed by atoms with E-state index in [2.05, 4.69) is 102 Å². The Hall–Kier alpha value is -5.15. The smallest absolute Gasteiger partial charge is 0.135 e. The summed E-state index contributed by atoms with van der Waals surface area (Å²) in [5, 5.41) is 2.26. The monoisotopic (exact) mass is 585 g/mol. The van der Waals surface area contributed by atoms with Gasteiger partial charge in [0.2, 0.25) is 0 Å². The fourth-order valence-electron chi connectivity index (χ4n) is 7.97. The molecule has 0 amide bonds. The van der Waals surface area contributed by atoms with Crippen molar-refractivity contribution in [2.24, 2.45) is 0 Å². The van der Waals surface area contributed by atoms with Gasteiger partial charge in [0, 0.05) is 21.9 Å². The van der Waals surface area contributed by atoms with Crippen molar-refractivity contribution in [1.82, 2.24) is 0 Å². The summed E-state index contributed by atoms with van der Waals surface area (Å²) in [5.41, 5.74) is 12.0. The normalized spacial score (nSPS) is 15.4. The van der Waals surface area contributed by atoms with E-state index in [1.807, 2.05) is 30.3 Å². The molecule has 1 aliphatic heterocycles. The van der Waals surface area contributed by atoms with E-state index in [1.54, 1.807) is 6.07 Å². The molecule has 2 aliphatic rings. The van der Waals surface area contributed by atoms with Crippen LogP contribution in [0.25, 0.3) is 44.2 Å². The molecule has 0 saturated heterocycles. The maximum Gasteiger partial charge on any atom is 0.135 e. The Morgan fingerprint density at radius 2 is 1.13 bits per heavy atom. The van der Waals surface area contributed by atoms with Crippen LogP contribution in [0.4, 0.5) is 21.5 Å². The molecule has 1 aliphatic carbocycles. The Morgan fingerprint density at radius 3 is 1.96 bits per heavy atom. The molecule has 0 radical (unpaired) electrons. The van der Waals surface area contributed by atoms with Gasteiger partial charge in [-0.05, 0) is 107 Å². The number of para-hydroxylation sites is 1. The molecule has 7 aromatic rings. The zero-order valence-corrected chi connectivity index (χ0v) is 25.0. The first kappa shape index (κ1) is 26.3. The lowest BCUT2D eigenvalue weighted by atomic mass is 9.62. The first-order valence-electron chi connectivity index (χ1n) is 16.0. The lowest BCUT2D eigenvalue weighted by Gasteiger charge is -2.47. The Bertz CT molecular complexity index is 2210. The third-order valence-corrected chi connectivity index (χ3v) is 10.1. The topological polar surface area (TPSA) is 16.4 Å². The molecule has 9 rings (SSSR count). The quantitative estimate of drug-likeness (QED) is 0.205. The summed E-state index contributed by atoms with van der Waals surface area (Å²) in [6, 6.07) is 46.3. The third-order valence-electron chi connectivity index (χ3n) is 10.1. The van der Waals surface area contributed by atoms with Crippen molar-refractivity contribution in [2.75, 3.05) is 4.90 Å². The van der Waals surface area contributed by atoms with Crippen LogP contribution in [0.2, 0.25) is 0 Å². The van der Waals surface area contributed by atoms with Gasteiger partial charge in [0.15, 0.2) is 0 Å². The van der Waals surface area contributed by atoms with E-state index in [0.717, 1.165) is 70.1 Å². The van der Waals surface area contributed by atoms with Crippen LogP contribution in [0.5, 0.6) is 0 Å². The lowest BCUT2D eigenvalue weighted by molar-refractivity contribution is 0.343. The van der Waals surface area contributed by atoms with Crippen molar-refractivity contribution in [1.29, 1.82) is 0 Å². The SMILES string of the molecule is Fc1ccc2c(c1)C1(CCCCC1)c1cc(-c3ccc4oc5ccccc5c4c3)ccc1N2c1ccc(-c2ccccc2)cc1. The van der Waals surface area contributed by atoms with Crippen LogP contribution in [0, 0.1) is 5.82 Å². The fourth-order valence-corrected chi connectivity index (χ4v) is 7.97. The molecule has 1 saturated carbocycles. The second-order valence-electron chi connectivity index (χ2n) is 12.6. The van der Waals surface area contributed by atoms with Gasteiger partial charge in [0.25, 0.3) is 0 Å². The molecular formula is C42H32FNO. The highest BCUT2D eigenvalue weighted by Crippen LogP contribution is 2.58. The largest absolute Gasteiger partial charge is 0.456 e. The van der Waals surface area contributed by atoms with Crippen LogP contribution < -0.4 is 4.90 Å². The first-order valence-corrected chi connectivity index (χ1v) is 16.0. The van der Waals surface area contributed by atoms with Crippen molar-refractivity contribution in [3.05, 3.63) is 150 Å². The summed E-state index contributed by atoms with van der Waals surface area (Å²) >= 11 is 0. The van der Waals surface area contributed by atoms with Crippen LogP contribution in [0.1, 0.15) is 43.2 Å². The average Bonchev–Trinajstić information content (AvgIpc) is 3.48. The summed E-state index contributed by atoms with van der Waals surface area (Å²) in [5.74, 6) is -0.171. The molecule has 1 fully saturated rings. The van der Waals surface area contributed by atoms with Gasteiger partial charge < -0.3 is 9.32 Å². The predicted octanol–water partition coefficient (Wildman–Crippen LogP) is 12.1. The highest BCUT2D eigenvalue weighted by Gasteiger charge is 2.44. The van der Waals surface area contributed by atoms with Crippen molar-refractivity contribution in [2.45, 2.75) is 37.5 Å². The Balaban J connectivity index is 1.24. The number of hydrogen-bond acceptors (Lipinski definition) is 2. The van der Waals surface area contributed by atoms with E-state index in [9.17, 15) is 0 Å². The third kappa shape index (κ3) is 4.14. The van der Waals surface area contributed by atoms with Crippen molar-refractivity contribution in [3.8, 4) is 22.3 Å². The maximum absolute atomic E-state index is 15.1. The molecular weight excluding hydrogens is 553 g/mol. The molecule has 0 bridgehead atoms. The number of hydrogen-bond donors (Lipinski definition) is 0. The van der Waals surface area contributed by atoms with Crippen molar-refractivity contribution in [3.63, 3.8) is 0 Å². The van der Waals surface area contributed by atoms with E-state index in [-0.39, 0.29) is 11.2 Å². The summed E-state index contributed by atoms with van der Waals surface area (Å²) in [7, 11) is 0. The van der Waals surface area contributed by atoms with E-state index in [4.69, 9.17) is 4.42 Å². The van der Waals surface area contributed by atoms with Gasteiger partial charge >= 0.3 is 0 Å². The van der Waals surface area contributed by atoms with Crippen LogP contribution in [-0.4, -0.2) is 0 Å². The van der Waals surface area contributed by atoms with Gasteiger partial charge in [-0.15, -0.1) is 0 Å². The number of benzene rings is 6. The second-order valence-corrected chi connectivity index (χ2v) is 12.6. The van der Waals surface area contributed by atoms with Crippen LogP contribution in [0.3, 0.4) is 0 Å². The number of rotatable bonds is 3. The van der Waals surface area contributed by atoms with Gasteiger partial charge in [-0.1, -0.05) is 92.1 Å². The van der Waals surface area contributed by atoms with Crippen LogP contribution in [0.15, 0.2) is 138 Å². The molecule has 2 nitrogen and oxygen atoms in total. The van der Waals surface area contributed by atoms with Gasteiger partial charge in [-0.25, -0.2) is 4.39 Å². The summed E-state index contributed by atoms with van der Waals surface area (Å²) in [6.07, 6.45) is 5.53. The molecule has 0 unspecified atom stereocenters. The van der Waals surface area contributed by atoms with Crippen molar-refractivity contribution < 1.29 is 8.81 Å². The fraction of sp³-hybridized carbons (Fsp3) is 0.143. The number of furan rings is 1. The predicted molar refractivity (Wildman–Crippen MR) is 183 cm³/mol. The van der Waals surface area contributed by atoms with E-state index in [0.29, 0.717) is 0 Å². The van der Waals surface area contributed by atoms with Crippen molar-refractivity contribution >= 4 is 39.0 Å². The van der Waals surface area contributed by atoms with E-state index >= 15 is 4.39 Å². The Morgan fingerprint density at radius 1 is 0.511 bits per heavy atom. The van der Waals surface area contributed by atoms with Crippen LogP contribution >= 0.6 is 0 Å². The molecule has 1 spiro atoms. The maximum atomic E-state index is 15.1. The molecule has 45 heavy (non-hydrogen) atoms. The zero-order chi connectivity index (χ0) is 30.0. The number of anilines is 3. The standard InChI is InChI=1S/C42H32FNO/c43-32-17-21-39-37(27-32)42(23-7-2-8-24-42)36-26-31(30-16-22-41-35(25-30)34-11-5-6-12-40(34)45-41)15-20-38(36)44(39)33-18-13-29(14-19-33)28-9-3-1-4-10-28/h1,3-6,9-22,25-27H,2,7-8,23-24H2. The number of fused-ring (bicyclic) bond motifs is 7. The minimum atomic E-state index is -0.228. The second kappa shape index (κ2) is 10.2. The van der Waals surface area contributed by atoms with Gasteiger partial charge in [0.1, 0.15) is 17.0 Å². The number of halogens is 1. The highest BCUT2D eigenvalue weighted by molar-refractivity contribution is 6.06. The number of nitrogens with zero attached hydrogens (tertiary/aromatic N) is 1. The molecule has 218 valence electrons. The minimum absolute atomic E-state index is 0.171. The minimum Gasteiger partial charge on any atom is -0.456 e. The summed E-state index contributed by atoms with van der Waals surface area (Å²) < 4.78 is 21.3. The Labute approximate surface area is 262 Å². The summed E-state index contributed by atoms with van der Waals surface area (Å²) in [6.45, 7) is 0. The summed E-state index contributed by atoms with van der Waals surface area (Å²) in [4.78, 5) is 2.34. The van der Waals surface area contributed by atoms with Gasteiger partial charge in [-0.2, -0.15) is 0 Å². The van der Waals surface area contributed by atoms with Gasteiger partial charge in [-0.3, -0.25) is 0 Å². The average molecular weight is 586 g/mol. The molecule has 0 N–H and O–H groups in total. The van der Waals surface area contributed by atoms with Gasteiger partial charge in [0.05, 0.1) is 11.4 Å². The molecule has 0 atom stereocenters. The molecule has 2 heterocycles. The first-order chi connectivity index (χ1) is 22.2. The molecule has 3 heteroatoms. The zero-order valence-electron chi connectivity index (χ0n) is 25.0. The Kier molecular flexibility index (Phi) is 5.96. The highest BCUT2D eigenvalue weighted by atomic mass is 19.1. The van der Waals surface area contributed by atoms with E-state index in [1.165, 1.54) is 34.4 Å². The van der Waals surface area contributed by atoms with E-state index < -0.39 is 0 Å². The lowest BCUT2D eigenvalue weighted by Crippen LogP contribution is -2.37. The van der Waals surface area contributed by atoms with Crippen LogP contribution in [-0.2, 0) is 5.41 Å². The molecule has 1 aromatic heterocycles. The molecule has 6 aromatic carbocycles.